The molecule has 2 heteroatoms. The summed E-state index contributed by atoms with van der Waals surface area (Å²) < 4.78 is 0. The molecule has 0 aliphatic carbocycles. The fourth-order valence-electron chi connectivity index (χ4n) is 1.43. The highest BCUT2D eigenvalue weighted by Crippen LogP contribution is 2.15. The Morgan fingerprint density at radius 2 is 2.06 bits per heavy atom. The summed E-state index contributed by atoms with van der Waals surface area (Å²) >= 11 is 0. The zero-order chi connectivity index (χ0) is 13.1. The van der Waals surface area contributed by atoms with Crippen molar-refractivity contribution in [2.75, 3.05) is 6.54 Å². The minimum atomic E-state index is 0.558. The molecule has 0 atom stereocenters. The number of hydrogen-bond donors (Lipinski definition) is 0. The molecule has 0 fully saturated rings. The molecule has 1 aliphatic heterocycles. The second kappa shape index (κ2) is 9.88. The topological polar surface area (TPSA) is 15.6 Å². The van der Waals surface area contributed by atoms with Crippen LogP contribution in [0.3, 0.4) is 0 Å². The van der Waals surface area contributed by atoms with Crippen LogP contribution in [0.15, 0.2) is 41.2 Å². The summed E-state index contributed by atoms with van der Waals surface area (Å²) in [4.78, 5) is 0. The van der Waals surface area contributed by atoms with Crippen molar-refractivity contribution in [1.82, 2.24) is 5.01 Å². The molecule has 0 radical (unpaired) electrons. The Hall–Kier alpha value is -1.31. The summed E-state index contributed by atoms with van der Waals surface area (Å²) in [5.41, 5.74) is 1.21. The molecule has 96 valence electrons. The van der Waals surface area contributed by atoms with Gasteiger partial charge in [0.25, 0.3) is 0 Å². The third kappa shape index (κ3) is 6.77. The summed E-state index contributed by atoms with van der Waals surface area (Å²) in [5, 5.41) is 6.46. The third-order valence-corrected chi connectivity index (χ3v) is 2.08. The molecule has 0 saturated heterocycles. The Bertz CT molecular complexity index is 296. The molecule has 2 nitrogen and oxygen atoms in total. The van der Waals surface area contributed by atoms with E-state index in [0.29, 0.717) is 5.92 Å². The first-order valence-corrected chi connectivity index (χ1v) is 6.55. The van der Waals surface area contributed by atoms with E-state index in [4.69, 9.17) is 0 Å². The second-order valence-corrected chi connectivity index (χ2v) is 3.94. The van der Waals surface area contributed by atoms with Gasteiger partial charge in [0, 0.05) is 12.8 Å². The van der Waals surface area contributed by atoms with Crippen molar-refractivity contribution >= 4 is 6.21 Å². The van der Waals surface area contributed by atoms with E-state index in [-0.39, 0.29) is 0 Å². The first kappa shape index (κ1) is 15.7. The van der Waals surface area contributed by atoms with Crippen LogP contribution in [0.1, 0.15) is 41.0 Å². The number of allylic oxidation sites excluding steroid dienone is 4. The van der Waals surface area contributed by atoms with Gasteiger partial charge in [-0.3, -0.25) is 5.01 Å². The van der Waals surface area contributed by atoms with Crippen LogP contribution in [0.2, 0.25) is 0 Å². The lowest BCUT2D eigenvalue weighted by atomic mass is 10.1. The third-order valence-electron chi connectivity index (χ3n) is 2.08. The van der Waals surface area contributed by atoms with E-state index >= 15 is 0 Å². The van der Waals surface area contributed by atoms with E-state index in [1.807, 2.05) is 39.1 Å². The molecule has 0 aromatic heterocycles. The molecule has 0 amide bonds. The minimum Gasteiger partial charge on any atom is -0.266 e. The Balaban J connectivity index is 0.00000121. The maximum absolute atomic E-state index is 4.41. The van der Waals surface area contributed by atoms with Crippen LogP contribution in [0.25, 0.3) is 0 Å². The molecule has 17 heavy (non-hydrogen) atoms. The van der Waals surface area contributed by atoms with Gasteiger partial charge in [-0.05, 0) is 31.4 Å². The molecule has 0 aromatic rings. The van der Waals surface area contributed by atoms with E-state index in [9.17, 15) is 0 Å². The maximum Gasteiger partial charge on any atom is 0.0553 e. The van der Waals surface area contributed by atoms with Gasteiger partial charge in [0.15, 0.2) is 0 Å². The fourth-order valence-corrected chi connectivity index (χ4v) is 1.43. The summed E-state index contributed by atoms with van der Waals surface area (Å²) in [6, 6.07) is 0. The van der Waals surface area contributed by atoms with Gasteiger partial charge >= 0.3 is 0 Å². The molecule has 0 unspecified atom stereocenters. The smallest absolute Gasteiger partial charge is 0.0553 e. The van der Waals surface area contributed by atoms with Crippen LogP contribution in [0.4, 0.5) is 0 Å². The molecular formula is C15H26N2. The van der Waals surface area contributed by atoms with Crippen LogP contribution in [-0.2, 0) is 0 Å². The predicted molar refractivity (Wildman–Crippen MR) is 78.0 cm³/mol. The maximum atomic E-state index is 4.41. The average molecular weight is 234 g/mol. The number of hydrazone groups is 1. The normalized spacial score (nSPS) is 18.2. The largest absolute Gasteiger partial charge is 0.266 e. The SMILES string of the molecule is C/C=C\C=N/N1CCC=C/C1=C\C(C)C.CC. The zero-order valence-electron chi connectivity index (χ0n) is 11.9. The lowest BCUT2D eigenvalue weighted by Crippen LogP contribution is -2.20. The molecule has 0 spiro atoms. The number of hydrogen-bond acceptors (Lipinski definition) is 2. The highest BCUT2D eigenvalue weighted by molar-refractivity contribution is 5.70. The molecule has 0 aromatic carbocycles. The average Bonchev–Trinajstić information content (AvgIpc) is 2.33. The Morgan fingerprint density at radius 1 is 1.35 bits per heavy atom. The van der Waals surface area contributed by atoms with Gasteiger partial charge in [0.05, 0.1) is 5.70 Å². The van der Waals surface area contributed by atoms with E-state index in [1.54, 1.807) is 0 Å². The van der Waals surface area contributed by atoms with Crippen LogP contribution in [0, 0.1) is 5.92 Å². The van der Waals surface area contributed by atoms with Crippen molar-refractivity contribution < 1.29 is 0 Å². The first-order valence-electron chi connectivity index (χ1n) is 6.55. The van der Waals surface area contributed by atoms with Crippen LogP contribution in [-0.4, -0.2) is 17.8 Å². The highest BCUT2D eigenvalue weighted by Gasteiger charge is 2.08. The van der Waals surface area contributed by atoms with E-state index in [2.05, 4.69) is 42.2 Å². The molecule has 0 N–H and O–H groups in total. The highest BCUT2D eigenvalue weighted by atomic mass is 15.5. The lowest BCUT2D eigenvalue weighted by molar-refractivity contribution is 0.372. The van der Waals surface area contributed by atoms with Gasteiger partial charge in [-0.15, -0.1) is 0 Å². The van der Waals surface area contributed by atoms with E-state index < -0.39 is 0 Å². The Kier molecular flexibility index (Phi) is 9.12. The summed E-state index contributed by atoms with van der Waals surface area (Å²) in [7, 11) is 0. The van der Waals surface area contributed by atoms with Crippen LogP contribution >= 0.6 is 0 Å². The van der Waals surface area contributed by atoms with Crippen molar-refractivity contribution in [2.45, 2.75) is 41.0 Å². The zero-order valence-corrected chi connectivity index (χ0v) is 11.9. The summed E-state index contributed by atoms with van der Waals surface area (Å²) in [5.74, 6) is 0.558. The molecule has 0 saturated carbocycles. The number of nitrogens with zero attached hydrogens (tertiary/aromatic N) is 2. The van der Waals surface area contributed by atoms with E-state index in [0.717, 1.165) is 13.0 Å². The summed E-state index contributed by atoms with van der Waals surface area (Å²) in [6.07, 6.45) is 13.4. The standard InChI is InChI=1S/C13H20N2.C2H6/c1-4-5-9-14-15-10-7-6-8-13(15)11-12(2)3;1-2/h4-6,8-9,11-12H,7,10H2,1-3H3;1-2H3/b5-4-,13-11+,14-9-;. The Labute approximate surface area is 106 Å². The Morgan fingerprint density at radius 3 is 2.65 bits per heavy atom. The second-order valence-electron chi connectivity index (χ2n) is 3.94. The fraction of sp³-hybridized carbons (Fsp3) is 0.533. The lowest BCUT2D eigenvalue weighted by Gasteiger charge is -2.23. The molecular weight excluding hydrogens is 208 g/mol. The van der Waals surface area contributed by atoms with Crippen molar-refractivity contribution in [3.05, 3.63) is 36.1 Å². The van der Waals surface area contributed by atoms with Gasteiger partial charge in [0.2, 0.25) is 0 Å². The van der Waals surface area contributed by atoms with Gasteiger partial charge in [-0.2, -0.15) is 5.10 Å². The van der Waals surface area contributed by atoms with Gasteiger partial charge < -0.3 is 0 Å². The summed E-state index contributed by atoms with van der Waals surface area (Å²) in [6.45, 7) is 11.3. The van der Waals surface area contributed by atoms with Gasteiger partial charge in [-0.25, -0.2) is 0 Å². The van der Waals surface area contributed by atoms with Crippen molar-refractivity contribution in [2.24, 2.45) is 11.0 Å². The number of rotatable bonds is 3. The molecule has 1 heterocycles. The van der Waals surface area contributed by atoms with E-state index in [1.165, 1.54) is 5.70 Å². The quantitative estimate of drug-likeness (QED) is 0.662. The monoisotopic (exact) mass is 234 g/mol. The van der Waals surface area contributed by atoms with Crippen molar-refractivity contribution in [3.8, 4) is 0 Å². The molecule has 0 bridgehead atoms. The van der Waals surface area contributed by atoms with Crippen molar-refractivity contribution in [1.29, 1.82) is 0 Å². The predicted octanol–water partition coefficient (Wildman–Crippen LogP) is 4.38. The van der Waals surface area contributed by atoms with Gasteiger partial charge in [-0.1, -0.05) is 45.9 Å². The van der Waals surface area contributed by atoms with Crippen LogP contribution < -0.4 is 0 Å². The van der Waals surface area contributed by atoms with Crippen molar-refractivity contribution in [3.63, 3.8) is 0 Å². The van der Waals surface area contributed by atoms with Gasteiger partial charge in [0.1, 0.15) is 0 Å². The molecule has 1 aliphatic rings. The molecule has 1 rings (SSSR count). The first-order chi connectivity index (χ1) is 8.24. The minimum absolute atomic E-state index is 0.558. The van der Waals surface area contributed by atoms with Crippen LogP contribution in [0.5, 0.6) is 0 Å².